The van der Waals surface area contributed by atoms with Crippen LogP contribution in [0.2, 0.25) is 0 Å². The second-order valence-electron chi connectivity index (χ2n) is 4.93. The fourth-order valence-corrected chi connectivity index (χ4v) is 2.24. The van der Waals surface area contributed by atoms with E-state index in [2.05, 4.69) is 11.8 Å². The maximum Gasteiger partial charge on any atom is 0.129 e. The van der Waals surface area contributed by atoms with Gasteiger partial charge in [-0.05, 0) is 36.8 Å². The van der Waals surface area contributed by atoms with Crippen molar-refractivity contribution in [3.63, 3.8) is 0 Å². The molecule has 2 aromatic rings. The van der Waals surface area contributed by atoms with Gasteiger partial charge in [0.15, 0.2) is 0 Å². The Kier molecular flexibility index (Phi) is 4.78. The van der Waals surface area contributed by atoms with Crippen LogP contribution in [0.1, 0.15) is 24.5 Å². The average molecular weight is 283 g/mol. The molecule has 2 rings (SSSR count). The minimum atomic E-state index is -0.348. The van der Waals surface area contributed by atoms with Crippen molar-refractivity contribution >= 4 is 11.4 Å². The standard InChI is InChI=1S/C17H18FN3/c1-2-8-21(16-5-3-4-15(20)10-16)12-14-7-6-13(11-19)9-17(14)18/h3-7,9-10H,2,8,12,20H2,1H3. The van der Waals surface area contributed by atoms with E-state index in [1.807, 2.05) is 30.3 Å². The first-order chi connectivity index (χ1) is 10.1. The molecule has 0 saturated carbocycles. The van der Waals surface area contributed by atoms with E-state index in [4.69, 9.17) is 11.0 Å². The van der Waals surface area contributed by atoms with E-state index in [-0.39, 0.29) is 5.82 Å². The van der Waals surface area contributed by atoms with Crippen LogP contribution in [-0.4, -0.2) is 6.54 Å². The minimum absolute atomic E-state index is 0.335. The Labute approximate surface area is 124 Å². The molecule has 2 N–H and O–H groups in total. The van der Waals surface area contributed by atoms with E-state index >= 15 is 0 Å². The molecule has 0 saturated heterocycles. The summed E-state index contributed by atoms with van der Waals surface area (Å²) in [7, 11) is 0. The van der Waals surface area contributed by atoms with Crippen molar-refractivity contribution in [1.82, 2.24) is 0 Å². The highest BCUT2D eigenvalue weighted by Crippen LogP contribution is 2.21. The Balaban J connectivity index is 2.26. The fourth-order valence-electron chi connectivity index (χ4n) is 2.24. The molecule has 0 heterocycles. The van der Waals surface area contributed by atoms with Crippen LogP contribution in [0.3, 0.4) is 0 Å². The highest BCUT2D eigenvalue weighted by atomic mass is 19.1. The number of nitrogens with two attached hydrogens (primary N) is 1. The molecule has 0 aliphatic heterocycles. The zero-order valence-electron chi connectivity index (χ0n) is 12.0. The van der Waals surface area contributed by atoms with Crippen molar-refractivity contribution in [2.24, 2.45) is 0 Å². The second kappa shape index (κ2) is 6.76. The van der Waals surface area contributed by atoms with Crippen molar-refractivity contribution in [3.8, 4) is 6.07 Å². The van der Waals surface area contributed by atoms with E-state index < -0.39 is 0 Å². The lowest BCUT2D eigenvalue weighted by Gasteiger charge is -2.25. The summed E-state index contributed by atoms with van der Waals surface area (Å²) in [5.41, 5.74) is 8.39. The molecule has 0 fully saturated rings. The SMILES string of the molecule is CCCN(Cc1ccc(C#N)cc1F)c1cccc(N)c1. The number of nitrogens with zero attached hydrogens (tertiary/aromatic N) is 2. The van der Waals surface area contributed by atoms with Gasteiger partial charge >= 0.3 is 0 Å². The molecule has 108 valence electrons. The first-order valence-corrected chi connectivity index (χ1v) is 6.93. The third-order valence-corrected chi connectivity index (χ3v) is 3.27. The quantitative estimate of drug-likeness (QED) is 0.851. The molecule has 0 aliphatic rings. The van der Waals surface area contributed by atoms with Crippen LogP contribution in [0, 0.1) is 17.1 Å². The maximum absolute atomic E-state index is 14.0. The van der Waals surface area contributed by atoms with Gasteiger partial charge in [0.05, 0.1) is 11.6 Å². The maximum atomic E-state index is 14.0. The third kappa shape index (κ3) is 3.73. The van der Waals surface area contributed by atoms with Crippen LogP contribution in [0.25, 0.3) is 0 Å². The summed E-state index contributed by atoms with van der Waals surface area (Å²) in [6.45, 7) is 3.34. The Hall–Kier alpha value is -2.54. The number of rotatable bonds is 5. The Morgan fingerprint density at radius 1 is 1.24 bits per heavy atom. The highest BCUT2D eigenvalue weighted by molar-refractivity contribution is 5.56. The van der Waals surface area contributed by atoms with Crippen LogP contribution in [0.4, 0.5) is 15.8 Å². The van der Waals surface area contributed by atoms with Crippen molar-refractivity contribution in [2.45, 2.75) is 19.9 Å². The lowest BCUT2D eigenvalue weighted by molar-refractivity contribution is 0.602. The van der Waals surface area contributed by atoms with Crippen LogP contribution in [0.15, 0.2) is 42.5 Å². The predicted molar refractivity (Wildman–Crippen MR) is 83.3 cm³/mol. The smallest absolute Gasteiger partial charge is 0.129 e. The monoisotopic (exact) mass is 283 g/mol. The number of hydrogen-bond donors (Lipinski definition) is 1. The summed E-state index contributed by atoms with van der Waals surface area (Å²) in [4.78, 5) is 2.08. The largest absolute Gasteiger partial charge is 0.399 e. The summed E-state index contributed by atoms with van der Waals surface area (Å²) >= 11 is 0. The molecule has 0 unspecified atom stereocenters. The van der Waals surface area contributed by atoms with Gasteiger partial charge in [0.1, 0.15) is 5.82 Å². The molecule has 2 aromatic carbocycles. The number of halogens is 1. The molecule has 0 atom stereocenters. The first kappa shape index (κ1) is 14.9. The van der Waals surface area contributed by atoms with Crippen LogP contribution >= 0.6 is 0 Å². The van der Waals surface area contributed by atoms with Crippen molar-refractivity contribution in [1.29, 1.82) is 5.26 Å². The van der Waals surface area contributed by atoms with Gasteiger partial charge in [0.2, 0.25) is 0 Å². The van der Waals surface area contributed by atoms with Gasteiger partial charge < -0.3 is 10.6 Å². The van der Waals surface area contributed by atoms with Gasteiger partial charge in [-0.15, -0.1) is 0 Å². The lowest BCUT2D eigenvalue weighted by atomic mass is 10.1. The zero-order valence-corrected chi connectivity index (χ0v) is 12.0. The topological polar surface area (TPSA) is 53.0 Å². The van der Waals surface area contributed by atoms with Gasteiger partial charge in [-0.2, -0.15) is 5.26 Å². The van der Waals surface area contributed by atoms with E-state index in [1.165, 1.54) is 6.07 Å². The van der Waals surface area contributed by atoms with Crippen LogP contribution in [0.5, 0.6) is 0 Å². The molecular formula is C17H18FN3. The van der Waals surface area contributed by atoms with Crippen molar-refractivity contribution in [3.05, 3.63) is 59.4 Å². The van der Waals surface area contributed by atoms with Gasteiger partial charge in [-0.3, -0.25) is 0 Å². The summed E-state index contributed by atoms with van der Waals surface area (Å²) in [6, 6.07) is 14.1. The van der Waals surface area contributed by atoms with E-state index in [0.29, 0.717) is 23.4 Å². The Morgan fingerprint density at radius 2 is 2.05 bits per heavy atom. The summed E-state index contributed by atoms with van der Waals surface area (Å²) in [6.07, 6.45) is 0.951. The fraction of sp³-hybridized carbons (Fsp3) is 0.235. The lowest BCUT2D eigenvalue weighted by Crippen LogP contribution is -2.24. The van der Waals surface area contributed by atoms with E-state index in [9.17, 15) is 4.39 Å². The molecule has 21 heavy (non-hydrogen) atoms. The van der Waals surface area contributed by atoms with Gasteiger partial charge in [-0.1, -0.05) is 19.1 Å². The van der Waals surface area contributed by atoms with Crippen LogP contribution in [-0.2, 0) is 6.54 Å². The summed E-state index contributed by atoms with van der Waals surface area (Å²) in [5.74, 6) is -0.348. The zero-order chi connectivity index (χ0) is 15.2. The number of benzene rings is 2. The van der Waals surface area contributed by atoms with Crippen molar-refractivity contribution < 1.29 is 4.39 Å². The molecule has 0 aliphatic carbocycles. The molecular weight excluding hydrogens is 265 g/mol. The summed E-state index contributed by atoms with van der Waals surface area (Å²) in [5, 5.41) is 8.79. The van der Waals surface area contributed by atoms with Gasteiger partial charge in [-0.25, -0.2) is 4.39 Å². The second-order valence-corrected chi connectivity index (χ2v) is 4.93. The van der Waals surface area contributed by atoms with Crippen molar-refractivity contribution in [2.75, 3.05) is 17.2 Å². The molecule has 3 nitrogen and oxygen atoms in total. The average Bonchev–Trinajstić information content (AvgIpc) is 2.48. The van der Waals surface area contributed by atoms with Gasteiger partial charge in [0, 0.05) is 30.0 Å². The number of nitrogen functional groups attached to an aromatic ring is 1. The Bertz CT molecular complexity index is 661. The number of hydrogen-bond acceptors (Lipinski definition) is 3. The summed E-state index contributed by atoms with van der Waals surface area (Å²) < 4.78 is 14.0. The molecule has 0 spiro atoms. The normalized spacial score (nSPS) is 10.1. The number of anilines is 2. The number of nitriles is 1. The molecule has 0 radical (unpaired) electrons. The highest BCUT2D eigenvalue weighted by Gasteiger charge is 2.10. The van der Waals surface area contributed by atoms with E-state index in [0.717, 1.165) is 18.7 Å². The van der Waals surface area contributed by atoms with Gasteiger partial charge in [0.25, 0.3) is 0 Å². The van der Waals surface area contributed by atoms with Crippen LogP contribution < -0.4 is 10.6 Å². The molecule has 0 aromatic heterocycles. The first-order valence-electron chi connectivity index (χ1n) is 6.93. The van der Waals surface area contributed by atoms with E-state index in [1.54, 1.807) is 12.1 Å². The third-order valence-electron chi connectivity index (χ3n) is 3.27. The molecule has 0 amide bonds. The molecule has 0 bridgehead atoms. The minimum Gasteiger partial charge on any atom is -0.399 e. The Morgan fingerprint density at radius 3 is 2.67 bits per heavy atom. The predicted octanol–water partition coefficient (Wildman–Crippen LogP) is 3.70. The molecule has 4 heteroatoms.